The van der Waals surface area contributed by atoms with Crippen molar-refractivity contribution in [3.05, 3.63) is 78.0 Å². The Labute approximate surface area is 248 Å². The van der Waals surface area contributed by atoms with Crippen molar-refractivity contribution in [1.29, 1.82) is 0 Å². The molecule has 2 aromatic rings. The minimum Gasteiger partial charge on any atom is -0.475 e. The summed E-state index contributed by atoms with van der Waals surface area (Å²) in [4.78, 5) is 48.7. The van der Waals surface area contributed by atoms with Crippen molar-refractivity contribution < 1.29 is 24.2 Å². The van der Waals surface area contributed by atoms with Crippen LogP contribution >= 0.6 is 0 Å². The number of amides is 3. The maximum Gasteiger partial charge on any atom is 0.250 e. The minimum atomic E-state index is -2.19. The molecule has 0 saturated heterocycles. The van der Waals surface area contributed by atoms with Gasteiger partial charge < -0.3 is 20.1 Å². The molecule has 0 aliphatic carbocycles. The monoisotopic (exact) mass is 574 g/mol. The number of benzene rings is 2. The lowest BCUT2D eigenvalue weighted by atomic mass is 9.88. The highest BCUT2D eigenvalue weighted by Crippen LogP contribution is 2.37. The maximum atomic E-state index is 14.8. The van der Waals surface area contributed by atoms with Crippen LogP contribution in [0.15, 0.2) is 71.9 Å². The number of aliphatic imine (C=N–C) groups is 1. The first-order valence-corrected chi connectivity index (χ1v) is 14.5. The number of carbonyl (C=O) groups is 3. The summed E-state index contributed by atoms with van der Waals surface area (Å²) in [6.45, 7) is 12.6. The standard InChI is InChI=1S/C33H42N4O5/c1-21(2)28-30(40)37(26(25-16-12-9-13-17-25)19-36(28)29(39)22(3)4)27(18-24-14-10-8-11-15-24)33(41,34-23(5)38)31-35-32(6,7)20-42-31/h8-17,19,21-22,27-28,41H,18,20H2,1-7H3,(H,34,38)/t27-,28?,33?/m0/s1. The van der Waals surface area contributed by atoms with E-state index in [9.17, 15) is 19.5 Å². The summed E-state index contributed by atoms with van der Waals surface area (Å²) in [5.41, 5.74) is -0.915. The molecule has 0 saturated carbocycles. The Kier molecular flexibility index (Phi) is 8.92. The smallest absolute Gasteiger partial charge is 0.250 e. The fraction of sp³-hybridized carbons (Fsp3) is 0.455. The second-order valence-electron chi connectivity index (χ2n) is 12.3. The summed E-state index contributed by atoms with van der Waals surface area (Å²) in [5, 5.41) is 15.3. The molecule has 0 bridgehead atoms. The fourth-order valence-corrected chi connectivity index (χ4v) is 5.49. The molecule has 2 aliphatic rings. The largest absolute Gasteiger partial charge is 0.475 e. The van der Waals surface area contributed by atoms with Crippen LogP contribution in [0.25, 0.3) is 5.70 Å². The van der Waals surface area contributed by atoms with E-state index in [-0.39, 0.29) is 42.6 Å². The Hall–Kier alpha value is -3.98. The number of aliphatic hydroxyl groups is 1. The van der Waals surface area contributed by atoms with Gasteiger partial charge in [-0.05, 0) is 37.3 Å². The Morgan fingerprint density at radius 2 is 1.67 bits per heavy atom. The molecular formula is C33H42N4O5. The van der Waals surface area contributed by atoms with Gasteiger partial charge in [-0.2, -0.15) is 0 Å². The topological polar surface area (TPSA) is 112 Å². The summed E-state index contributed by atoms with van der Waals surface area (Å²) >= 11 is 0. The zero-order valence-corrected chi connectivity index (χ0v) is 25.5. The van der Waals surface area contributed by atoms with Crippen molar-refractivity contribution >= 4 is 29.3 Å². The van der Waals surface area contributed by atoms with Crippen LogP contribution in [0.4, 0.5) is 0 Å². The zero-order chi connectivity index (χ0) is 30.8. The first-order chi connectivity index (χ1) is 19.7. The van der Waals surface area contributed by atoms with E-state index in [4.69, 9.17) is 4.74 Å². The first-order valence-electron chi connectivity index (χ1n) is 14.5. The van der Waals surface area contributed by atoms with Crippen molar-refractivity contribution in [2.45, 2.75) is 78.2 Å². The van der Waals surface area contributed by atoms with Crippen LogP contribution in [0.5, 0.6) is 0 Å². The van der Waals surface area contributed by atoms with E-state index in [1.807, 2.05) is 88.4 Å². The number of rotatable bonds is 9. The number of nitrogens with one attached hydrogen (secondary N) is 1. The second kappa shape index (κ2) is 12.1. The number of hydrogen-bond donors (Lipinski definition) is 2. The normalized spacial score (nSPS) is 20.5. The highest BCUT2D eigenvalue weighted by Gasteiger charge is 2.55. The molecule has 9 nitrogen and oxygen atoms in total. The fourth-order valence-electron chi connectivity index (χ4n) is 5.49. The van der Waals surface area contributed by atoms with Gasteiger partial charge in [0.05, 0.1) is 17.3 Å². The quantitative estimate of drug-likeness (QED) is 0.440. The molecule has 9 heteroatoms. The molecule has 0 aromatic heterocycles. The highest BCUT2D eigenvalue weighted by atomic mass is 16.5. The van der Waals surface area contributed by atoms with Crippen LogP contribution in [0.3, 0.4) is 0 Å². The molecule has 2 aromatic carbocycles. The summed E-state index contributed by atoms with van der Waals surface area (Å²) in [6, 6.07) is 16.8. The third-order valence-electron chi connectivity index (χ3n) is 7.49. The predicted octanol–water partition coefficient (Wildman–Crippen LogP) is 3.98. The third kappa shape index (κ3) is 6.26. The zero-order valence-electron chi connectivity index (χ0n) is 25.5. The van der Waals surface area contributed by atoms with Crippen molar-refractivity contribution in [3.8, 4) is 0 Å². The molecule has 3 amide bonds. The van der Waals surface area contributed by atoms with Crippen LogP contribution in [-0.4, -0.2) is 68.5 Å². The lowest BCUT2D eigenvalue weighted by Crippen LogP contribution is -2.70. The van der Waals surface area contributed by atoms with E-state index in [1.165, 1.54) is 16.7 Å². The molecule has 2 aliphatic heterocycles. The molecule has 2 unspecified atom stereocenters. The van der Waals surface area contributed by atoms with Gasteiger partial charge in [0, 0.05) is 19.0 Å². The van der Waals surface area contributed by atoms with Crippen molar-refractivity contribution in [2.24, 2.45) is 16.8 Å². The van der Waals surface area contributed by atoms with E-state index in [0.29, 0.717) is 11.3 Å². The van der Waals surface area contributed by atoms with Gasteiger partial charge >= 0.3 is 0 Å². The summed E-state index contributed by atoms with van der Waals surface area (Å²) in [6.07, 6.45) is 1.86. The van der Waals surface area contributed by atoms with Crippen molar-refractivity contribution in [2.75, 3.05) is 6.61 Å². The van der Waals surface area contributed by atoms with Crippen LogP contribution in [-0.2, 0) is 25.5 Å². The number of nitrogens with zero attached hydrogens (tertiary/aromatic N) is 3. The highest BCUT2D eigenvalue weighted by molar-refractivity contribution is 5.99. The van der Waals surface area contributed by atoms with Crippen LogP contribution in [0, 0.1) is 11.8 Å². The van der Waals surface area contributed by atoms with Crippen LogP contribution in [0.2, 0.25) is 0 Å². The summed E-state index contributed by atoms with van der Waals surface area (Å²) in [5.74, 6) is -1.73. The van der Waals surface area contributed by atoms with Crippen LogP contribution < -0.4 is 5.32 Å². The molecule has 2 N–H and O–H groups in total. The van der Waals surface area contributed by atoms with Gasteiger partial charge in [-0.1, -0.05) is 88.4 Å². The Balaban J connectivity index is 2.02. The summed E-state index contributed by atoms with van der Waals surface area (Å²) in [7, 11) is 0. The van der Waals surface area contributed by atoms with Gasteiger partial charge in [-0.25, -0.2) is 4.99 Å². The Morgan fingerprint density at radius 1 is 1.07 bits per heavy atom. The van der Waals surface area contributed by atoms with Crippen LogP contribution in [0.1, 0.15) is 59.6 Å². The van der Waals surface area contributed by atoms with E-state index in [2.05, 4.69) is 10.3 Å². The molecular weight excluding hydrogens is 532 g/mol. The van der Waals surface area contributed by atoms with Gasteiger partial charge in [-0.15, -0.1) is 0 Å². The molecule has 4 rings (SSSR count). The van der Waals surface area contributed by atoms with Gasteiger partial charge in [0.1, 0.15) is 12.6 Å². The van der Waals surface area contributed by atoms with Crippen molar-refractivity contribution in [1.82, 2.24) is 15.1 Å². The van der Waals surface area contributed by atoms with E-state index in [1.54, 1.807) is 20.0 Å². The van der Waals surface area contributed by atoms with E-state index >= 15 is 0 Å². The molecule has 0 spiro atoms. The lowest BCUT2D eigenvalue weighted by Gasteiger charge is -2.48. The lowest BCUT2D eigenvalue weighted by molar-refractivity contribution is -0.151. The average Bonchev–Trinajstić information content (AvgIpc) is 3.31. The van der Waals surface area contributed by atoms with Gasteiger partial charge in [0.15, 0.2) is 0 Å². The Bertz CT molecular complexity index is 1370. The minimum absolute atomic E-state index is 0.0642. The van der Waals surface area contributed by atoms with Crippen molar-refractivity contribution in [3.63, 3.8) is 0 Å². The molecule has 3 atom stereocenters. The molecule has 42 heavy (non-hydrogen) atoms. The molecule has 0 fully saturated rings. The first kappa shape index (κ1) is 31.0. The molecule has 0 radical (unpaired) electrons. The summed E-state index contributed by atoms with van der Waals surface area (Å²) < 4.78 is 5.95. The van der Waals surface area contributed by atoms with Gasteiger partial charge in [0.2, 0.25) is 23.4 Å². The average molecular weight is 575 g/mol. The second-order valence-corrected chi connectivity index (χ2v) is 12.3. The molecule has 2 heterocycles. The molecule has 224 valence electrons. The number of hydrogen-bond acceptors (Lipinski definition) is 6. The van der Waals surface area contributed by atoms with Gasteiger partial charge in [0.25, 0.3) is 5.91 Å². The maximum absolute atomic E-state index is 14.8. The predicted molar refractivity (Wildman–Crippen MR) is 162 cm³/mol. The van der Waals surface area contributed by atoms with E-state index in [0.717, 1.165) is 5.56 Å². The number of ether oxygens (including phenoxy) is 1. The third-order valence-corrected chi connectivity index (χ3v) is 7.49. The van der Waals surface area contributed by atoms with Gasteiger partial charge in [-0.3, -0.25) is 19.3 Å². The van der Waals surface area contributed by atoms with E-state index < -0.39 is 29.3 Å². The number of carbonyl (C=O) groups excluding carboxylic acids is 3. The SMILES string of the molecule is CC(=O)NC(O)(C1=NC(C)(C)CO1)[C@H](Cc1ccccc1)N1C(=O)C(C(C)C)N(C(=O)C(C)C)C=C1c1ccccc1. The Morgan fingerprint density at radius 3 is 2.17 bits per heavy atom.